The molecule has 0 aliphatic heterocycles. The molecule has 0 unspecified atom stereocenters. The minimum atomic E-state index is 0. The highest BCUT2D eigenvalue weighted by atomic mass is 127. The summed E-state index contributed by atoms with van der Waals surface area (Å²) >= 11 is 0. The summed E-state index contributed by atoms with van der Waals surface area (Å²) in [5.74, 6) is 1.64. The molecule has 2 aromatic carbocycles. The number of imidazole rings is 1. The molecule has 8 heteroatoms. The number of nitrogens with one attached hydrogen (secondary N) is 2. The second-order valence-corrected chi connectivity index (χ2v) is 7.40. The van der Waals surface area contributed by atoms with E-state index in [2.05, 4.69) is 56.6 Å². The van der Waals surface area contributed by atoms with Crippen LogP contribution in [0.5, 0.6) is 5.75 Å². The molecule has 0 amide bonds. The molecule has 2 N–H and O–H groups in total. The average Bonchev–Trinajstić information content (AvgIpc) is 3.34. The fourth-order valence-corrected chi connectivity index (χ4v) is 3.22. The lowest BCUT2D eigenvalue weighted by atomic mass is 10.1. The Hall–Kier alpha value is -2.59. The molecule has 33 heavy (non-hydrogen) atoms. The average molecular weight is 563 g/mol. The van der Waals surface area contributed by atoms with E-state index in [1.54, 1.807) is 13.3 Å². The molecule has 7 nitrogen and oxygen atoms in total. The Kier molecular flexibility index (Phi) is 12.3. The summed E-state index contributed by atoms with van der Waals surface area (Å²) in [4.78, 5) is 8.92. The van der Waals surface area contributed by atoms with E-state index in [1.165, 1.54) is 11.1 Å². The number of nitrogens with zero attached hydrogens (tertiary/aromatic N) is 3. The maximum Gasteiger partial charge on any atom is 0.191 e. The normalized spacial score (nSPS) is 11.0. The SMILES string of the molecule is CCOCCCNC(=NCc1cccc(Cn2ccnc2)c1)NCc1ccc(OC)cc1.I. The zero-order valence-corrected chi connectivity index (χ0v) is 21.7. The van der Waals surface area contributed by atoms with Gasteiger partial charge in [0, 0.05) is 45.2 Å². The summed E-state index contributed by atoms with van der Waals surface area (Å²) < 4.78 is 12.7. The molecule has 0 spiro atoms. The molecular formula is C25H34IN5O2. The first-order valence-corrected chi connectivity index (χ1v) is 11.0. The zero-order valence-electron chi connectivity index (χ0n) is 19.4. The van der Waals surface area contributed by atoms with Gasteiger partial charge >= 0.3 is 0 Å². The van der Waals surface area contributed by atoms with Gasteiger partial charge in [0.25, 0.3) is 0 Å². The smallest absolute Gasteiger partial charge is 0.191 e. The Balaban J connectivity index is 0.00000385. The van der Waals surface area contributed by atoms with Crippen molar-refractivity contribution in [2.75, 3.05) is 26.9 Å². The maximum absolute atomic E-state index is 5.43. The number of aromatic nitrogens is 2. The van der Waals surface area contributed by atoms with E-state index in [1.807, 2.05) is 31.6 Å². The molecule has 0 aliphatic carbocycles. The van der Waals surface area contributed by atoms with Crippen LogP contribution < -0.4 is 15.4 Å². The van der Waals surface area contributed by atoms with Crippen LogP contribution in [0, 0.1) is 0 Å². The first-order valence-electron chi connectivity index (χ1n) is 11.0. The largest absolute Gasteiger partial charge is 0.497 e. The molecule has 0 atom stereocenters. The first-order chi connectivity index (χ1) is 15.8. The number of hydrogen-bond acceptors (Lipinski definition) is 4. The molecule has 1 aromatic heterocycles. The molecule has 0 saturated heterocycles. The van der Waals surface area contributed by atoms with Crippen LogP contribution in [-0.2, 0) is 24.4 Å². The molecular weight excluding hydrogens is 529 g/mol. The standard InChI is InChI=1S/C25H33N5O2.HI/c1-3-32-15-5-12-27-25(28-17-21-8-10-24(31-2)11-9-21)29-18-22-6-4-7-23(16-22)19-30-14-13-26-20-30;/h4,6-11,13-14,16,20H,3,5,12,15,17-19H2,1-2H3,(H2,27,28,29);1H. The van der Waals surface area contributed by atoms with Crippen molar-refractivity contribution in [2.24, 2.45) is 4.99 Å². The second-order valence-electron chi connectivity index (χ2n) is 7.40. The number of hydrogen-bond donors (Lipinski definition) is 2. The van der Waals surface area contributed by atoms with Crippen molar-refractivity contribution in [1.82, 2.24) is 20.2 Å². The number of halogens is 1. The van der Waals surface area contributed by atoms with Crippen molar-refractivity contribution in [3.8, 4) is 5.75 Å². The third-order valence-electron chi connectivity index (χ3n) is 4.92. The van der Waals surface area contributed by atoms with Gasteiger partial charge in [-0.3, -0.25) is 0 Å². The molecule has 0 saturated carbocycles. The van der Waals surface area contributed by atoms with Gasteiger partial charge < -0.3 is 24.7 Å². The fourth-order valence-electron chi connectivity index (χ4n) is 3.22. The number of ether oxygens (including phenoxy) is 2. The zero-order chi connectivity index (χ0) is 22.4. The molecule has 1 heterocycles. The van der Waals surface area contributed by atoms with Crippen LogP contribution in [0.2, 0.25) is 0 Å². The van der Waals surface area contributed by atoms with Crippen molar-refractivity contribution in [2.45, 2.75) is 33.0 Å². The molecule has 178 valence electrons. The summed E-state index contributed by atoms with van der Waals surface area (Å²) in [5, 5.41) is 6.85. The monoisotopic (exact) mass is 563 g/mol. The van der Waals surface area contributed by atoms with Gasteiger partial charge in [-0.2, -0.15) is 0 Å². The van der Waals surface area contributed by atoms with Crippen LogP contribution in [-0.4, -0.2) is 42.4 Å². The van der Waals surface area contributed by atoms with Gasteiger partial charge in [-0.15, -0.1) is 24.0 Å². The summed E-state index contributed by atoms with van der Waals surface area (Å²) in [6.07, 6.45) is 6.53. The Labute approximate surface area is 213 Å². The van der Waals surface area contributed by atoms with Gasteiger partial charge in [0.05, 0.1) is 20.0 Å². The van der Waals surface area contributed by atoms with Crippen LogP contribution in [0.1, 0.15) is 30.0 Å². The summed E-state index contributed by atoms with van der Waals surface area (Å²) in [6, 6.07) is 16.6. The number of methoxy groups -OCH3 is 1. The molecule has 0 fully saturated rings. The Bertz CT molecular complexity index is 946. The van der Waals surface area contributed by atoms with Crippen LogP contribution >= 0.6 is 24.0 Å². The molecule has 0 radical (unpaired) electrons. The topological polar surface area (TPSA) is 72.7 Å². The van der Waals surface area contributed by atoms with Crippen molar-refractivity contribution >= 4 is 29.9 Å². The highest BCUT2D eigenvalue weighted by molar-refractivity contribution is 14.0. The predicted molar refractivity (Wildman–Crippen MR) is 143 cm³/mol. The highest BCUT2D eigenvalue weighted by Gasteiger charge is 2.02. The maximum atomic E-state index is 5.43. The highest BCUT2D eigenvalue weighted by Crippen LogP contribution is 2.11. The van der Waals surface area contributed by atoms with Crippen molar-refractivity contribution in [1.29, 1.82) is 0 Å². The van der Waals surface area contributed by atoms with Crippen LogP contribution in [0.25, 0.3) is 0 Å². The van der Waals surface area contributed by atoms with Gasteiger partial charge in [0.15, 0.2) is 5.96 Å². The van der Waals surface area contributed by atoms with Crippen molar-refractivity contribution in [3.05, 3.63) is 83.9 Å². The van der Waals surface area contributed by atoms with E-state index < -0.39 is 0 Å². The molecule has 0 aliphatic rings. The van der Waals surface area contributed by atoms with E-state index in [4.69, 9.17) is 14.5 Å². The first kappa shape index (κ1) is 26.7. The van der Waals surface area contributed by atoms with Gasteiger partial charge in [-0.25, -0.2) is 9.98 Å². The van der Waals surface area contributed by atoms with Crippen molar-refractivity contribution in [3.63, 3.8) is 0 Å². The van der Waals surface area contributed by atoms with Crippen LogP contribution in [0.3, 0.4) is 0 Å². The predicted octanol–water partition coefficient (Wildman–Crippen LogP) is 4.22. The van der Waals surface area contributed by atoms with Gasteiger partial charge in [-0.1, -0.05) is 36.4 Å². The van der Waals surface area contributed by atoms with E-state index in [0.717, 1.165) is 50.0 Å². The third-order valence-corrected chi connectivity index (χ3v) is 4.92. The van der Waals surface area contributed by atoms with E-state index in [9.17, 15) is 0 Å². The lowest BCUT2D eigenvalue weighted by Crippen LogP contribution is -2.37. The number of benzene rings is 2. The van der Waals surface area contributed by atoms with E-state index in [-0.39, 0.29) is 24.0 Å². The second kappa shape index (κ2) is 15.3. The van der Waals surface area contributed by atoms with E-state index >= 15 is 0 Å². The van der Waals surface area contributed by atoms with Gasteiger partial charge in [0.1, 0.15) is 5.75 Å². The lowest BCUT2D eigenvalue weighted by Gasteiger charge is -2.13. The number of guanidine groups is 1. The van der Waals surface area contributed by atoms with Crippen molar-refractivity contribution < 1.29 is 9.47 Å². The summed E-state index contributed by atoms with van der Waals surface area (Å²) in [7, 11) is 1.68. The quantitative estimate of drug-likeness (QED) is 0.150. The van der Waals surface area contributed by atoms with Gasteiger partial charge in [-0.05, 0) is 42.2 Å². The Morgan fingerprint density at radius 3 is 2.61 bits per heavy atom. The summed E-state index contributed by atoms with van der Waals surface area (Å²) in [5.41, 5.74) is 3.56. The fraction of sp³-hybridized carbons (Fsp3) is 0.360. The van der Waals surface area contributed by atoms with Crippen LogP contribution in [0.15, 0.2) is 72.2 Å². The minimum absolute atomic E-state index is 0. The molecule has 0 bridgehead atoms. The van der Waals surface area contributed by atoms with Crippen LogP contribution in [0.4, 0.5) is 0 Å². The number of aliphatic imine (C=N–C) groups is 1. The molecule has 3 rings (SSSR count). The third kappa shape index (κ3) is 9.83. The lowest BCUT2D eigenvalue weighted by molar-refractivity contribution is 0.145. The Morgan fingerprint density at radius 2 is 1.88 bits per heavy atom. The van der Waals surface area contributed by atoms with E-state index in [0.29, 0.717) is 13.1 Å². The minimum Gasteiger partial charge on any atom is -0.497 e. The number of rotatable bonds is 12. The Morgan fingerprint density at radius 1 is 1.06 bits per heavy atom. The summed E-state index contributed by atoms with van der Waals surface area (Å²) in [6.45, 7) is 6.38. The van der Waals surface area contributed by atoms with Gasteiger partial charge in [0.2, 0.25) is 0 Å². The molecule has 3 aromatic rings.